The Morgan fingerprint density at radius 2 is 1.75 bits per heavy atom. The normalized spacial score (nSPS) is 10.2. The predicted octanol–water partition coefficient (Wildman–Crippen LogP) is 2.05. The number of aromatic nitrogens is 2. The van der Waals surface area contributed by atoms with Crippen LogP contribution in [0.4, 0.5) is 0 Å². The molecule has 4 heteroatoms. The molecule has 0 aliphatic carbocycles. The topological polar surface area (TPSA) is 25.9 Å². The fourth-order valence-electron chi connectivity index (χ4n) is 2.42. The summed E-state index contributed by atoms with van der Waals surface area (Å²) in [6.07, 6.45) is 2.48. The zero-order valence-electron chi connectivity index (χ0n) is 12.7. The van der Waals surface area contributed by atoms with Gasteiger partial charge in [-0.25, -0.2) is 0 Å². The summed E-state index contributed by atoms with van der Waals surface area (Å²) in [5, 5.41) is 0. The van der Waals surface area contributed by atoms with Gasteiger partial charge in [0.05, 0.1) is 5.69 Å². The first-order valence-corrected chi connectivity index (χ1v) is 6.58. The number of benzene rings is 1. The quantitative estimate of drug-likeness (QED) is 0.778. The molecule has 0 bridgehead atoms. The van der Waals surface area contributed by atoms with Crippen molar-refractivity contribution in [1.82, 2.24) is 4.68 Å². The summed E-state index contributed by atoms with van der Waals surface area (Å²) in [7, 11) is 1.96. The minimum atomic E-state index is 0. The Hall–Kier alpha value is -0.796. The van der Waals surface area contributed by atoms with Crippen LogP contribution in [0.5, 0.6) is 0 Å². The van der Waals surface area contributed by atoms with E-state index in [2.05, 4.69) is 26.0 Å². The monoisotopic (exact) mass is 346 g/mol. The molecule has 2 rings (SSSR count). The van der Waals surface area contributed by atoms with Gasteiger partial charge in [0.15, 0.2) is 19.0 Å². The Balaban J connectivity index is 0.00000200. The van der Waals surface area contributed by atoms with E-state index in [1.54, 1.807) is 0 Å². The molecule has 0 spiro atoms. The average molecular weight is 346 g/mol. The number of rotatable bonds is 4. The van der Waals surface area contributed by atoms with E-state index in [0.717, 1.165) is 5.69 Å². The fourth-order valence-corrected chi connectivity index (χ4v) is 2.42. The molecule has 0 saturated heterocycles. The maximum Gasteiger partial charge on any atom is 0.195 e. The predicted molar refractivity (Wildman–Crippen MR) is 75.0 cm³/mol. The summed E-state index contributed by atoms with van der Waals surface area (Å²) in [6.45, 7) is 6.59. The zero-order chi connectivity index (χ0) is 14.0. The molecule has 3 nitrogen and oxygen atoms in total. The number of hydrogen-bond donors (Lipinski definition) is 0. The number of aryl methyl sites for hydroxylation is 4. The molecule has 0 aliphatic rings. The van der Waals surface area contributed by atoms with Crippen LogP contribution in [0, 0.1) is 20.8 Å². The molecule has 1 radical (unpaired) electrons. The van der Waals surface area contributed by atoms with Gasteiger partial charge in [0.1, 0.15) is 6.54 Å². The Morgan fingerprint density at radius 1 is 1.15 bits per heavy atom. The van der Waals surface area contributed by atoms with Crippen molar-refractivity contribution >= 4 is 5.78 Å². The number of carbonyl (C=O) groups is 1. The first kappa shape index (κ1) is 17.3. The Bertz CT molecular complexity index is 577. The van der Waals surface area contributed by atoms with Crippen molar-refractivity contribution in [1.29, 1.82) is 0 Å². The van der Waals surface area contributed by atoms with Crippen molar-refractivity contribution in [2.45, 2.75) is 33.7 Å². The zero-order valence-corrected chi connectivity index (χ0v) is 15.5. The van der Waals surface area contributed by atoms with E-state index in [4.69, 9.17) is 0 Å². The third-order valence-corrected chi connectivity index (χ3v) is 3.66. The van der Waals surface area contributed by atoms with E-state index in [0.29, 0.717) is 13.0 Å². The van der Waals surface area contributed by atoms with Gasteiger partial charge in [-0.3, -0.25) is 4.79 Å². The van der Waals surface area contributed by atoms with Crippen LogP contribution in [-0.4, -0.2) is 10.5 Å². The summed E-state index contributed by atoms with van der Waals surface area (Å²) in [6, 6.07) is 8.19. The van der Waals surface area contributed by atoms with Crippen molar-refractivity contribution in [2.75, 3.05) is 0 Å². The molecule has 103 valence electrons. The molecule has 0 amide bonds. The first-order chi connectivity index (χ1) is 8.99. The van der Waals surface area contributed by atoms with Crippen molar-refractivity contribution in [3.8, 4) is 0 Å². The molecule has 0 saturated carbocycles. The van der Waals surface area contributed by atoms with E-state index in [-0.39, 0.29) is 38.5 Å². The average Bonchev–Trinajstić information content (AvgIpc) is 2.66. The minimum absolute atomic E-state index is 0. The van der Waals surface area contributed by atoms with Gasteiger partial charge in [0, 0.05) is 45.2 Å². The maximum atomic E-state index is 12.3. The van der Waals surface area contributed by atoms with E-state index < -0.39 is 0 Å². The Labute approximate surface area is 145 Å². The summed E-state index contributed by atoms with van der Waals surface area (Å²) >= 11 is 0. The second-order valence-corrected chi connectivity index (χ2v) is 5.17. The molecule has 1 aromatic carbocycles. The van der Waals surface area contributed by atoms with Crippen molar-refractivity contribution in [3.63, 3.8) is 0 Å². The number of carbonyl (C=O) groups excluding carboxylic acids is 1. The molecule has 0 atom stereocenters. The van der Waals surface area contributed by atoms with Crippen LogP contribution in [0.1, 0.15) is 22.4 Å². The van der Waals surface area contributed by atoms with Gasteiger partial charge in [-0.1, -0.05) is 18.2 Å². The number of Topliss-reactive ketones (excluding diaryl/α,β-unsaturated/α-hetero) is 1. The molecule has 1 heterocycles. The molecular formula is C16H21N2OY+. The summed E-state index contributed by atoms with van der Waals surface area (Å²) in [5.41, 5.74) is 4.67. The van der Waals surface area contributed by atoms with Crippen LogP contribution < -0.4 is 4.68 Å². The first-order valence-electron chi connectivity index (χ1n) is 6.58. The van der Waals surface area contributed by atoms with Gasteiger partial charge in [-0.05, 0) is 37.5 Å². The largest absolute Gasteiger partial charge is 0.297 e. The van der Waals surface area contributed by atoms with Crippen LogP contribution in [0.15, 0.2) is 30.5 Å². The summed E-state index contributed by atoms with van der Waals surface area (Å²) < 4.78 is 3.95. The Kier molecular flexibility index (Phi) is 6.28. The third-order valence-electron chi connectivity index (χ3n) is 3.66. The number of ketones is 1. The van der Waals surface area contributed by atoms with Gasteiger partial charge in [0.25, 0.3) is 0 Å². The smallest absolute Gasteiger partial charge is 0.195 e. The number of hydrogen-bond acceptors (Lipinski definition) is 1. The molecule has 0 N–H and O–H groups in total. The summed E-state index contributed by atoms with van der Waals surface area (Å²) in [4.78, 5) is 12.3. The van der Waals surface area contributed by atoms with E-state index in [1.165, 1.54) is 16.7 Å². The minimum Gasteiger partial charge on any atom is -0.297 e. The summed E-state index contributed by atoms with van der Waals surface area (Å²) in [5.74, 6) is 0.243. The van der Waals surface area contributed by atoms with Crippen molar-refractivity contribution in [3.05, 3.63) is 52.8 Å². The van der Waals surface area contributed by atoms with Crippen LogP contribution in [-0.2, 0) is 57.5 Å². The van der Waals surface area contributed by atoms with Crippen molar-refractivity contribution in [2.24, 2.45) is 7.05 Å². The van der Waals surface area contributed by atoms with Gasteiger partial charge in [0.2, 0.25) is 0 Å². The van der Waals surface area contributed by atoms with E-state index >= 15 is 0 Å². The molecule has 0 fully saturated rings. The second-order valence-electron chi connectivity index (χ2n) is 5.17. The maximum absolute atomic E-state index is 12.3. The SMILES string of the molecule is Cc1cccc(C)c1CC(=O)Cn1c(C)cc[n+]1C.[Y]. The van der Waals surface area contributed by atoms with Crippen LogP contribution in [0.3, 0.4) is 0 Å². The van der Waals surface area contributed by atoms with E-state index in [9.17, 15) is 4.79 Å². The number of nitrogens with zero attached hydrogens (tertiary/aromatic N) is 2. The van der Waals surface area contributed by atoms with Gasteiger partial charge in [-0.15, -0.1) is 4.68 Å². The molecule has 1 aromatic heterocycles. The molecular weight excluding hydrogens is 325 g/mol. The molecule has 0 unspecified atom stereocenters. The fraction of sp³-hybridized carbons (Fsp3) is 0.375. The van der Waals surface area contributed by atoms with E-state index in [1.807, 2.05) is 41.7 Å². The van der Waals surface area contributed by atoms with Crippen LogP contribution >= 0.6 is 0 Å². The molecule has 20 heavy (non-hydrogen) atoms. The van der Waals surface area contributed by atoms with Crippen LogP contribution in [0.2, 0.25) is 0 Å². The van der Waals surface area contributed by atoms with Crippen LogP contribution in [0.25, 0.3) is 0 Å². The molecule has 0 aliphatic heterocycles. The van der Waals surface area contributed by atoms with Crippen molar-refractivity contribution < 1.29 is 42.2 Å². The van der Waals surface area contributed by atoms with Gasteiger partial charge < -0.3 is 0 Å². The van der Waals surface area contributed by atoms with Gasteiger partial charge in [-0.2, -0.15) is 4.68 Å². The third kappa shape index (κ3) is 3.86. The Morgan fingerprint density at radius 3 is 2.25 bits per heavy atom. The molecule has 2 aromatic rings. The van der Waals surface area contributed by atoms with Gasteiger partial charge >= 0.3 is 0 Å². The standard InChI is InChI=1S/C16H21N2O.Y/c1-12-6-5-7-13(2)16(12)10-15(19)11-18-14(3)8-9-17(18)4;/h5-9H,10-11H2,1-4H3;/q+1;. The second kappa shape index (κ2) is 7.28.